The molecule has 120 valence electrons. The first-order chi connectivity index (χ1) is 9.79. The monoisotopic (exact) mass is 314 g/mol. The smallest absolute Gasteiger partial charge is 0.161 e. The van der Waals surface area contributed by atoms with Crippen molar-refractivity contribution in [3.8, 4) is 11.5 Å². The van der Waals surface area contributed by atoms with Gasteiger partial charge in [-0.05, 0) is 25.6 Å². The van der Waals surface area contributed by atoms with Gasteiger partial charge in [-0.25, -0.2) is 0 Å². The second-order valence-corrected chi connectivity index (χ2v) is 5.29. The number of piperazine rings is 1. The van der Waals surface area contributed by atoms with Gasteiger partial charge in [-0.2, -0.15) is 0 Å². The zero-order valence-corrected chi connectivity index (χ0v) is 13.9. The molecule has 21 heavy (non-hydrogen) atoms. The molecule has 0 bridgehead atoms. The first-order valence-corrected chi connectivity index (χ1v) is 7.55. The molecule has 2 rings (SSSR count). The number of ether oxygens (including phenoxy) is 2. The predicted octanol–water partition coefficient (Wildman–Crippen LogP) is 2.52. The van der Waals surface area contributed by atoms with Crippen LogP contribution >= 0.6 is 12.4 Å². The van der Waals surface area contributed by atoms with E-state index >= 15 is 0 Å². The van der Waals surface area contributed by atoms with Gasteiger partial charge in [0.05, 0.1) is 6.61 Å². The van der Waals surface area contributed by atoms with Crippen LogP contribution in [0.5, 0.6) is 11.5 Å². The molecule has 0 aliphatic carbocycles. The van der Waals surface area contributed by atoms with Crippen LogP contribution in [0, 0.1) is 0 Å². The largest absolute Gasteiger partial charge is 0.490 e. The molecule has 1 aromatic rings. The standard InChI is InChI=1S/C16H26N2O2.ClH/c1-3-13-19-15-6-4-5-7-16(15)20-14-12-18-10-8-17(2)9-11-18;/h4-7H,3,8-14H2,1-2H3;1H. The maximum atomic E-state index is 5.88. The highest BCUT2D eigenvalue weighted by atomic mass is 35.5. The summed E-state index contributed by atoms with van der Waals surface area (Å²) in [5.41, 5.74) is 0. The molecule has 0 N–H and O–H groups in total. The lowest BCUT2D eigenvalue weighted by atomic mass is 10.3. The fourth-order valence-electron chi connectivity index (χ4n) is 2.26. The molecular formula is C16H27ClN2O2. The minimum Gasteiger partial charge on any atom is -0.490 e. The van der Waals surface area contributed by atoms with Crippen molar-refractivity contribution in [1.29, 1.82) is 0 Å². The molecule has 0 amide bonds. The van der Waals surface area contributed by atoms with Crippen molar-refractivity contribution >= 4 is 12.4 Å². The Morgan fingerprint density at radius 2 is 1.52 bits per heavy atom. The van der Waals surface area contributed by atoms with E-state index in [1.165, 1.54) is 0 Å². The van der Waals surface area contributed by atoms with E-state index in [2.05, 4.69) is 23.8 Å². The molecule has 1 aromatic carbocycles. The second kappa shape index (κ2) is 9.87. The number of nitrogens with zero attached hydrogens (tertiary/aromatic N) is 2. The molecular weight excluding hydrogens is 288 g/mol. The lowest BCUT2D eigenvalue weighted by Gasteiger charge is -2.32. The maximum Gasteiger partial charge on any atom is 0.161 e. The summed E-state index contributed by atoms with van der Waals surface area (Å²) >= 11 is 0. The normalized spacial score (nSPS) is 16.3. The average Bonchev–Trinajstić information content (AvgIpc) is 2.48. The molecule has 1 saturated heterocycles. The van der Waals surface area contributed by atoms with Gasteiger partial charge in [-0.3, -0.25) is 4.90 Å². The highest BCUT2D eigenvalue weighted by Crippen LogP contribution is 2.26. The molecule has 0 unspecified atom stereocenters. The van der Waals surface area contributed by atoms with E-state index in [9.17, 15) is 0 Å². The molecule has 0 saturated carbocycles. The summed E-state index contributed by atoms with van der Waals surface area (Å²) in [6, 6.07) is 7.93. The molecule has 1 heterocycles. The van der Waals surface area contributed by atoms with Crippen LogP contribution in [0.25, 0.3) is 0 Å². The van der Waals surface area contributed by atoms with Gasteiger partial charge in [0, 0.05) is 32.7 Å². The van der Waals surface area contributed by atoms with Crippen molar-refractivity contribution in [2.45, 2.75) is 13.3 Å². The van der Waals surface area contributed by atoms with E-state index in [1.54, 1.807) is 0 Å². The SMILES string of the molecule is CCCOc1ccccc1OCCN1CCN(C)CC1.Cl. The van der Waals surface area contributed by atoms with Gasteiger partial charge in [0.25, 0.3) is 0 Å². The Morgan fingerprint density at radius 3 is 2.10 bits per heavy atom. The van der Waals surface area contributed by atoms with Crippen LogP contribution in [-0.2, 0) is 0 Å². The Balaban J connectivity index is 0.00000220. The highest BCUT2D eigenvalue weighted by Gasteiger charge is 2.13. The number of hydrogen-bond acceptors (Lipinski definition) is 4. The first-order valence-electron chi connectivity index (χ1n) is 7.55. The molecule has 1 fully saturated rings. The Labute approximate surface area is 134 Å². The molecule has 0 aromatic heterocycles. The van der Waals surface area contributed by atoms with E-state index < -0.39 is 0 Å². The molecule has 0 radical (unpaired) electrons. The van der Waals surface area contributed by atoms with Crippen LogP contribution in [-0.4, -0.2) is 62.8 Å². The second-order valence-electron chi connectivity index (χ2n) is 5.29. The van der Waals surface area contributed by atoms with E-state index in [0.717, 1.165) is 63.9 Å². The number of hydrogen-bond donors (Lipinski definition) is 0. The Hall–Kier alpha value is -0.970. The molecule has 0 atom stereocenters. The number of rotatable bonds is 7. The fourth-order valence-corrected chi connectivity index (χ4v) is 2.26. The number of benzene rings is 1. The zero-order chi connectivity index (χ0) is 14.2. The quantitative estimate of drug-likeness (QED) is 0.772. The Kier molecular flexibility index (Phi) is 8.50. The minimum absolute atomic E-state index is 0. The first kappa shape index (κ1) is 18.1. The molecule has 1 aliphatic rings. The van der Waals surface area contributed by atoms with Crippen molar-refractivity contribution in [3.05, 3.63) is 24.3 Å². The molecule has 0 spiro atoms. The lowest BCUT2D eigenvalue weighted by Crippen LogP contribution is -2.45. The summed E-state index contributed by atoms with van der Waals surface area (Å²) in [7, 11) is 2.18. The van der Waals surface area contributed by atoms with Crippen LogP contribution in [0.3, 0.4) is 0 Å². The van der Waals surface area contributed by atoms with Crippen molar-refractivity contribution in [1.82, 2.24) is 9.80 Å². The summed E-state index contributed by atoms with van der Waals surface area (Å²) in [6.45, 7) is 9.11. The summed E-state index contributed by atoms with van der Waals surface area (Å²) < 4.78 is 11.6. The molecule has 4 nitrogen and oxygen atoms in total. The third-order valence-electron chi connectivity index (χ3n) is 3.57. The third kappa shape index (κ3) is 6.12. The van der Waals surface area contributed by atoms with Crippen LogP contribution in [0.1, 0.15) is 13.3 Å². The average molecular weight is 315 g/mol. The fraction of sp³-hybridized carbons (Fsp3) is 0.625. The number of likely N-dealkylation sites (N-methyl/N-ethyl adjacent to an activating group) is 1. The van der Waals surface area contributed by atoms with Gasteiger partial charge < -0.3 is 14.4 Å². The van der Waals surface area contributed by atoms with Crippen LogP contribution in [0.4, 0.5) is 0 Å². The number of halogens is 1. The minimum atomic E-state index is 0. The molecule has 5 heteroatoms. The van der Waals surface area contributed by atoms with E-state index in [1.807, 2.05) is 24.3 Å². The molecule has 1 aliphatic heterocycles. The Morgan fingerprint density at radius 1 is 0.952 bits per heavy atom. The van der Waals surface area contributed by atoms with Gasteiger partial charge >= 0.3 is 0 Å². The van der Waals surface area contributed by atoms with Crippen LogP contribution in [0.2, 0.25) is 0 Å². The highest BCUT2D eigenvalue weighted by molar-refractivity contribution is 5.85. The van der Waals surface area contributed by atoms with Crippen molar-refractivity contribution in [3.63, 3.8) is 0 Å². The van der Waals surface area contributed by atoms with Gasteiger partial charge in [0.2, 0.25) is 0 Å². The van der Waals surface area contributed by atoms with Crippen molar-refractivity contribution in [2.24, 2.45) is 0 Å². The topological polar surface area (TPSA) is 24.9 Å². The number of para-hydroxylation sites is 2. The summed E-state index contributed by atoms with van der Waals surface area (Å²) in [5, 5.41) is 0. The van der Waals surface area contributed by atoms with Gasteiger partial charge in [-0.1, -0.05) is 19.1 Å². The van der Waals surface area contributed by atoms with Crippen molar-refractivity contribution < 1.29 is 9.47 Å². The Bertz CT molecular complexity index is 396. The zero-order valence-electron chi connectivity index (χ0n) is 13.1. The van der Waals surface area contributed by atoms with Gasteiger partial charge in [-0.15, -0.1) is 12.4 Å². The summed E-state index contributed by atoms with van der Waals surface area (Å²) in [4.78, 5) is 4.82. The van der Waals surface area contributed by atoms with E-state index in [0.29, 0.717) is 0 Å². The summed E-state index contributed by atoms with van der Waals surface area (Å²) in [5.74, 6) is 1.71. The van der Waals surface area contributed by atoms with Crippen LogP contribution < -0.4 is 9.47 Å². The van der Waals surface area contributed by atoms with E-state index in [-0.39, 0.29) is 12.4 Å². The third-order valence-corrected chi connectivity index (χ3v) is 3.57. The predicted molar refractivity (Wildman–Crippen MR) is 88.9 cm³/mol. The summed E-state index contributed by atoms with van der Waals surface area (Å²) in [6.07, 6.45) is 1.01. The maximum absolute atomic E-state index is 5.88. The van der Waals surface area contributed by atoms with E-state index in [4.69, 9.17) is 9.47 Å². The van der Waals surface area contributed by atoms with Gasteiger partial charge in [0.1, 0.15) is 6.61 Å². The van der Waals surface area contributed by atoms with Gasteiger partial charge in [0.15, 0.2) is 11.5 Å². The van der Waals surface area contributed by atoms with Crippen molar-refractivity contribution in [2.75, 3.05) is 53.0 Å². The van der Waals surface area contributed by atoms with Crippen LogP contribution in [0.15, 0.2) is 24.3 Å². The lowest BCUT2D eigenvalue weighted by molar-refractivity contribution is 0.132.